The molecule has 0 aliphatic carbocycles. The molecule has 0 unspecified atom stereocenters. The second kappa shape index (κ2) is 7.87. The molecule has 0 bridgehead atoms. The van der Waals surface area contributed by atoms with E-state index < -0.39 is 29.1 Å². The molecular formula is C16H22F2N2O2. The first-order valence-corrected chi connectivity index (χ1v) is 7.26. The molecule has 0 fully saturated rings. The molecule has 6 heteroatoms. The summed E-state index contributed by atoms with van der Waals surface area (Å²) in [5.41, 5.74) is -0.602. The van der Waals surface area contributed by atoms with Crippen molar-refractivity contribution in [3.05, 3.63) is 29.8 Å². The summed E-state index contributed by atoms with van der Waals surface area (Å²) >= 11 is 0. The van der Waals surface area contributed by atoms with Crippen LogP contribution in [0.5, 0.6) is 0 Å². The van der Waals surface area contributed by atoms with Crippen LogP contribution in [0.4, 0.5) is 14.5 Å². The Labute approximate surface area is 129 Å². The van der Waals surface area contributed by atoms with Gasteiger partial charge in [-0.1, -0.05) is 33.8 Å². The Morgan fingerprint density at radius 3 is 1.91 bits per heavy atom. The van der Waals surface area contributed by atoms with Crippen molar-refractivity contribution in [2.75, 3.05) is 18.4 Å². The van der Waals surface area contributed by atoms with Gasteiger partial charge in [-0.2, -0.15) is 0 Å². The maximum Gasteiger partial charge on any atom is 0.314 e. The molecule has 1 rings (SSSR count). The Morgan fingerprint density at radius 2 is 1.50 bits per heavy atom. The first kappa shape index (κ1) is 18.1. The predicted molar refractivity (Wildman–Crippen MR) is 81.2 cm³/mol. The van der Waals surface area contributed by atoms with E-state index in [1.807, 2.05) is 33.0 Å². The molecule has 2 amide bonds. The van der Waals surface area contributed by atoms with Crippen molar-refractivity contribution in [1.29, 1.82) is 0 Å². The molecule has 0 spiro atoms. The molecule has 0 aromatic heterocycles. The highest BCUT2D eigenvalue weighted by Crippen LogP contribution is 2.18. The number of hydrogen-bond donors (Lipinski definition) is 1. The molecule has 22 heavy (non-hydrogen) atoms. The Bertz CT molecular complexity index is 515. The van der Waals surface area contributed by atoms with Crippen LogP contribution in [0.25, 0.3) is 0 Å². The number of carbonyl (C=O) groups excluding carboxylic acids is 2. The van der Waals surface area contributed by atoms with E-state index in [1.165, 1.54) is 11.0 Å². The summed E-state index contributed by atoms with van der Waals surface area (Å²) in [6, 6.07) is 3.22. The number of anilines is 1. The van der Waals surface area contributed by atoms with E-state index in [0.717, 1.165) is 12.1 Å². The normalized spacial score (nSPS) is 10.9. The molecule has 1 N–H and O–H groups in total. The fourth-order valence-corrected chi connectivity index (χ4v) is 2.05. The largest absolute Gasteiger partial charge is 0.334 e. The number of para-hydroxylation sites is 1. The number of carbonyl (C=O) groups is 2. The van der Waals surface area contributed by atoms with Crippen LogP contribution in [0.2, 0.25) is 0 Å². The van der Waals surface area contributed by atoms with E-state index in [4.69, 9.17) is 0 Å². The predicted octanol–water partition coefficient (Wildman–Crippen LogP) is 3.04. The summed E-state index contributed by atoms with van der Waals surface area (Å²) in [5.74, 6) is -3.29. The van der Waals surface area contributed by atoms with Crippen LogP contribution in [0.3, 0.4) is 0 Å². The smallest absolute Gasteiger partial charge is 0.314 e. The van der Waals surface area contributed by atoms with Gasteiger partial charge < -0.3 is 10.2 Å². The minimum absolute atomic E-state index is 0.181. The standard InChI is InChI=1S/C16H22F2N2O2/c1-10(2)8-20(9-11(3)4)16(22)15(21)19-14-12(17)6-5-7-13(14)18/h5-7,10-11H,8-9H2,1-4H3,(H,19,21). The van der Waals surface area contributed by atoms with Crippen LogP contribution in [-0.2, 0) is 9.59 Å². The molecule has 0 saturated heterocycles. The van der Waals surface area contributed by atoms with E-state index in [2.05, 4.69) is 0 Å². The van der Waals surface area contributed by atoms with E-state index in [9.17, 15) is 18.4 Å². The van der Waals surface area contributed by atoms with Gasteiger partial charge >= 0.3 is 11.8 Å². The molecule has 1 aromatic carbocycles. The maximum absolute atomic E-state index is 13.5. The monoisotopic (exact) mass is 312 g/mol. The fraction of sp³-hybridized carbons (Fsp3) is 0.500. The van der Waals surface area contributed by atoms with Gasteiger partial charge in [-0.25, -0.2) is 8.78 Å². The van der Waals surface area contributed by atoms with E-state index in [-0.39, 0.29) is 11.8 Å². The second-order valence-electron chi connectivity index (χ2n) is 6.05. The molecule has 0 radical (unpaired) electrons. The lowest BCUT2D eigenvalue weighted by atomic mass is 10.1. The summed E-state index contributed by atoms with van der Waals surface area (Å²) in [6.07, 6.45) is 0. The highest BCUT2D eigenvalue weighted by molar-refractivity contribution is 6.39. The van der Waals surface area contributed by atoms with Crippen molar-refractivity contribution in [1.82, 2.24) is 4.90 Å². The van der Waals surface area contributed by atoms with Crippen molar-refractivity contribution >= 4 is 17.5 Å². The van der Waals surface area contributed by atoms with Gasteiger partial charge in [0.15, 0.2) is 0 Å². The Morgan fingerprint density at radius 1 is 1.05 bits per heavy atom. The van der Waals surface area contributed by atoms with E-state index >= 15 is 0 Å². The molecule has 1 aromatic rings. The van der Waals surface area contributed by atoms with Gasteiger partial charge in [-0.05, 0) is 24.0 Å². The van der Waals surface area contributed by atoms with Crippen molar-refractivity contribution in [3.8, 4) is 0 Å². The minimum Gasteiger partial charge on any atom is -0.334 e. The Hall–Kier alpha value is -1.98. The number of nitrogens with one attached hydrogen (secondary N) is 1. The van der Waals surface area contributed by atoms with Crippen molar-refractivity contribution in [2.24, 2.45) is 11.8 Å². The molecule has 0 aliphatic rings. The number of benzene rings is 1. The quantitative estimate of drug-likeness (QED) is 0.850. The third kappa shape index (κ3) is 5.09. The summed E-state index contributed by atoms with van der Waals surface area (Å²) in [6.45, 7) is 8.52. The number of halogens is 2. The fourth-order valence-electron chi connectivity index (χ4n) is 2.05. The van der Waals surface area contributed by atoms with Crippen molar-refractivity contribution in [3.63, 3.8) is 0 Å². The van der Waals surface area contributed by atoms with Gasteiger partial charge in [-0.15, -0.1) is 0 Å². The highest BCUT2D eigenvalue weighted by Gasteiger charge is 2.25. The van der Waals surface area contributed by atoms with Crippen LogP contribution in [-0.4, -0.2) is 29.8 Å². The molecule has 0 heterocycles. The van der Waals surface area contributed by atoms with E-state index in [0.29, 0.717) is 13.1 Å². The SMILES string of the molecule is CC(C)CN(CC(C)C)C(=O)C(=O)Nc1c(F)cccc1F. The third-order valence-corrected chi connectivity index (χ3v) is 2.85. The van der Waals surface area contributed by atoms with Gasteiger partial charge in [0.2, 0.25) is 0 Å². The van der Waals surface area contributed by atoms with Gasteiger partial charge in [0.25, 0.3) is 0 Å². The maximum atomic E-state index is 13.5. The van der Waals surface area contributed by atoms with Gasteiger partial charge in [-0.3, -0.25) is 9.59 Å². The first-order valence-electron chi connectivity index (χ1n) is 7.26. The third-order valence-electron chi connectivity index (χ3n) is 2.85. The van der Waals surface area contributed by atoms with Crippen molar-refractivity contribution < 1.29 is 18.4 Å². The zero-order valence-corrected chi connectivity index (χ0v) is 13.3. The average Bonchev–Trinajstić information content (AvgIpc) is 2.40. The van der Waals surface area contributed by atoms with Crippen LogP contribution < -0.4 is 5.32 Å². The van der Waals surface area contributed by atoms with Crippen LogP contribution >= 0.6 is 0 Å². The zero-order chi connectivity index (χ0) is 16.9. The van der Waals surface area contributed by atoms with Crippen LogP contribution in [0, 0.1) is 23.5 Å². The van der Waals surface area contributed by atoms with Crippen LogP contribution in [0.15, 0.2) is 18.2 Å². The lowest BCUT2D eigenvalue weighted by molar-refractivity contribution is -0.143. The highest BCUT2D eigenvalue weighted by atomic mass is 19.1. The second-order valence-corrected chi connectivity index (χ2v) is 6.05. The van der Waals surface area contributed by atoms with Gasteiger partial charge in [0.1, 0.15) is 17.3 Å². The molecule has 0 atom stereocenters. The summed E-state index contributed by atoms with van der Waals surface area (Å²) in [7, 11) is 0. The number of hydrogen-bond acceptors (Lipinski definition) is 2. The number of rotatable bonds is 5. The van der Waals surface area contributed by atoms with Gasteiger partial charge in [0.05, 0.1) is 0 Å². The molecule has 4 nitrogen and oxygen atoms in total. The van der Waals surface area contributed by atoms with Crippen molar-refractivity contribution in [2.45, 2.75) is 27.7 Å². The summed E-state index contributed by atoms with van der Waals surface area (Å²) in [4.78, 5) is 25.6. The zero-order valence-electron chi connectivity index (χ0n) is 13.3. The Kier molecular flexibility index (Phi) is 6.46. The molecular weight excluding hydrogens is 290 g/mol. The van der Waals surface area contributed by atoms with Gasteiger partial charge in [0, 0.05) is 13.1 Å². The average molecular weight is 312 g/mol. The summed E-state index contributed by atoms with van der Waals surface area (Å²) in [5, 5.41) is 2.03. The van der Waals surface area contributed by atoms with E-state index in [1.54, 1.807) is 0 Å². The minimum atomic E-state index is -1.04. The summed E-state index contributed by atoms with van der Waals surface area (Å²) < 4.78 is 27.0. The lowest BCUT2D eigenvalue weighted by Gasteiger charge is -2.25. The molecule has 0 aliphatic heterocycles. The lowest BCUT2D eigenvalue weighted by Crippen LogP contribution is -2.43. The number of amides is 2. The van der Waals surface area contributed by atoms with Crippen LogP contribution in [0.1, 0.15) is 27.7 Å². The Balaban J connectivity index is 2.87. The first-order chi connectivity index (χ1) is 10.2. The molecule has 122 valence electrons. The molecule has 0 saturated carbocycles. The number of nitrogens with zero attached hydrogens (tertiary/aromatic N) is 1. The topological polar surface area (TPSA) is 49.4 Å².